The van der Waals surface area contributed by atoms with Gasteiger partial charge >= 0.3 is 0 Å². The maximum Gasteiger partial charge on any atom is 0.259 e. The van der Waals surface area contributed by atoms with Crippen molar-refractivity contribution in [3.05, 3.63) is 75.1 Å². The molecule has 3 rings (SSSR count). The highest BCUT2D eigenvalue weighted by atomic mass is 35.5. The molecule has 2 unspecified atom stereocenters. The van der Waals surface area contributed by atoms with E-state index in [0.717, 1.165) is 25.3 Å². The van der Waals surface area contributed by atoms with Crippen molar-refractivity contribution < 1.29 is 27.8 Å². The molecule has 164 valence electrons. The molecule has 1 amide bonds. The van der Waals surface area contributed by atoms with Gasteiger partial charge < -0.3 is 24.5 Å². The number of rotatable bonds is 6. The molecule has 2 N–H and O–H groups in total. The predicted molar refractivity (Wildman–Crippen MR) is 111 cm³/mol. The number of carbonyl (C=O) groups is 1. The summed E-state index contributed by atoms with van der Waals surface area (Å²) in [6.45, 7) is 0. The molecule has 0 spiro atoms. The van der Waals surface area contributed by atoms with Gasteiger partial charge in [-0.1, -0.05) is 23.2 Å². The number of aromatic amines is 1. The number of amides is 1. The number of alkyl halides is 2. The lowest BCUT2D eigenvalue weighted by molar-refractivity contribution is -0.112. The van der Waals surface area contributed by atoms with E-state index in [1.54, 1.807) is 0 Å². The Morgan fingerprint density at radius 3 is 2.61 bits per heavy atom. The molecule has 1 aromatic carbocycles. The van der Waals surface area contributed by atoms with Gasteiger partial charge in [-0.25, -0.2) is 8.78 Å². The molecule has 2 atom stereocenters. The van der Waals surface area contributed by atoms with E-state index in [0.29, 0.717) is 0 Å². The number of hydrogen-bond donors (Lipinski definition) is 2. The van der Waals surface area contributed by atoms with Crippen LogP contribution in [0, 0.1) is 5.82 Å². The Balaban J connectivity index is 2.04. The van der Waals surface area contributed by atoms with Crippen LogP contribution in [0.15, 0.2) is 63.8 Å². The van der Waals surface area contributed by atoms with Crippen molar-refractivity contribution in [2.45, 2.75) is 11.2 Å². The van der Waals surface area contributed by atoms with E-state index in [1.807, 2.05) is 0 Å². The Hall–Kier alpha value is -2.88. The molecule has 0 saturated heterocycles. The second-order valence-corrected chi connectivity index (χ2v) is 7.24. The summed E-state index contributed by atoms with van der Waals surface area (Å²) < 4.78 is 44.8. The van der Waals surface area contributed by atoms with Gasteiger partial charge in [0, 0.05) is 31.1 Å². The number of aromatic nitrogens is 1. The smallest absolute Gasteiger partial charge is 0.259 e. The molecule has 1 aromatic heterocycles. The van der Waals surface area contributed by atoms with Crippen LogP contribution in [0.3, 0.4) is 0 Å². The molecule has 0 fully saturated rings. The first-order valence-corrected chi connectivity index (χ1v) is 9.46. The largest absolute Gasteiger partial charge is 0.494 e. The summed E-state index contributed by atoms with van der Waals surface area (Å²) in [6.07, 6.45) is 0.160. The zero-order valence-corrected chi connectivity index (χ0v) is 17.7. The molecule has 31 heavy (non-hydrogen) atoms. The van der Waals surface area contributed by atoms with E-state index < -0.39 is 34.3 Å². The topological polar surface area (TPSA) is 89.7 Å². The average Bonchev–Trinajstić information content (AvgIpc) is 2.74. The van der Waals surface area contributed by atoms with E-state index >= 15 is 4.39 Å². The molecule has 1 heterocycles. The Bertz CT molecular complexity index is 1130. The second-order valence-electron chi connectivity index (χ2n) is 6.28. The molecule has 2 aromatic rings. The van der Waals surface area contributed by atoms with Crippen molar-refractivity contribution in [3.8, 4) is 11.5 Å². The summed E-state index contributed by atoms with van der Waals surface area (Å²) in [7, 11) is 2.41. The molecule has 11 heteroatoms. The average molecular weight is 473 g/mol. The Labute approximate surface area is 185 Å². The SMILES string of the molecule is COc1ccc(OC2=C(C(=O)Nc3cc[nH]c(=O)c3)C=C(Cl)C(Cl)(OC)C2F)cc1F. The number of ether oxygens (including phenoxy) is 3. The first-order valence-electron chi connectivity index (χ1n) is 8.71. The number of pyridine rings is 1. The van der Waals surface area contributed by atoms with Crippen LogP contribution in [-0.2, 0) is 9.53 Å². The van der Waals surface area contributed by atoms with Crippen LogP contribution < -0.4 is 20.3 Å². The fraction of sp³-hybridized carbons (Fsp3) is 0.200. The van der Waals surface area contributed by atoms with Crippen molar-refractivity contribution in [1.29, 1.82) is 0 Å². The zero-order chi connectivity index (χ0) is 22.8. The van der Waals surface area contributed by atoms with Crippen LogP contribution in [0.1, 0.15) is 0 Å². The van der Waals surface area contributed by atoms with Gasteiger partial charge in [0.05, 0.1) is 17.7 Å². The first-order chi connectivity index (χ1) is 14.7. The number of nitrogens with one attached hydrogen (secondary N) is 2. The molecule has 0 saturated carbocycles. The molecule has 1 aliphatic carbocycles. The fourth-order valence-electron chi connectivity index (χ4n) is 2.77. The molecular formula is C20H16Cl2F2N2O5. The second kappa shape index (κ2) is 9.09. The first kappa shape index (κ1) is 22.8. The molecular weight excluding hydrogens is 457 g/mol. The fourth-order valence-corrected chi connectivity index (χ4v) is 3.20. The summed E-state index contributed by atoms with van der Waals surface area (Å²) in [5.74, 6) is -2.35. The molecule has 0 bridgehead atoms. The third-order valence-corrected chi connectivity index (χ3v) is 5.38. The van der Waals surface area contributed by atoms with Gasteiger partial charge in [-0.05, 0) is 24.3 Å². The molecule has 1 aliphatic rings. The molecule has 0 radical (unpaired) electrons. The van der Waals surface area contributed by atoms with E-state index in [1.165, 1.54) is 31.5 Å². The number of anilines is 1. The summed E-state index contributed by atoms with van der Waals surface area (Å²) in [5.41, 5.74) is -0.649. The van der Waals surface area contributed by atoms with Gasteiger partial charge in [0.25, 0.3) is 5.91 Å². The van der Waals surface area contributed by atoms with E-state index in [-0.39, 0.29) is 27.8 Å². The Kier molecular flexibility index (Phi) is 6.68. The van der Waals surface area contributed by atoms with E-state index in [2.05, 4.69) is 10.3 Å². The number of benzene rings is 1. The number of carbonyl (C=O) groups excluding carboxylic acids is 1. The number of methoxy groups -OCH3 is 2. The van der Waals surface area contributed by atoms with Gasteiger partial charge in [-0.2, -0.15) is 0 Å². The van der Waals surface area contributed by atoms with Crippen molar-refractivity contribution in [2.75, 3.05) is 19.5 Å². The maximum absolute atomic E-state index is 15.4. The highest BCUT2D eigenvalue weighted by Crippen LogP contribution is 2.44. The zero-order valence-electron chi connectivity index (χ0n) is 16.2. The minimum Gasteiger partial charge on any atom is -0.494 e. The predicted octanol–water partition coefficient (Wildman–Crippen LogP) is 3.85. The lowest BCUT2D eigenvalue weighted by atomic mass is 9.99. The van der Waals surface area contributed by atoms with Crippen LogP contribution in [0.2, 0.25) is 0 Å². The van der Waals surface area contributed by atoms with Crippen LogP contribution in [-0.4, -0.2) is 36.3 Å². The van der Waals surface area contributed by atoms with E-state index in [4.69, 9.17) is 37.4 Å². The van der Waals surface area contributed by atoms with Crippen molar-refractivity contribution in [1.82, 2.24) is 4.98 Å². The van der Waals surface area contributed by atoms with Crippen LogP contribution in [0.25, 0.3) is 0 Å². The lowest BCUT2D eigenvalue weighted by Crippen LogP contribution is -2.43. The van der Waals surface area contributed by atoms with Gasteiger partial charge in [0.15, 0.2) is 17.3 Å². The maximum atomic E-state index is 15.4. The number of halogens is 4. The summed E-state index contributed by atoms with van der Waals surface area (Å²) >= 11 is 12.3. The highest BCUT2D eigenvalue weighted by molar-refractivity contribution is 6.40. The number of H-pyrrole nitrogens is 1. The van der Waals surface area contributed by atoms with Gasteiger partial charge in [-0.3, -0.25) is 9.59 Å². The third-order valence-electron chi connectivity index (χ3n) is 4.34. The van der Waals surface area contributed by atoms with E-state index in [9.17, 15) is 14.0 Å². The standard InChI is InChI=1S/C20H16Cl2F2N2O5/c1-29-14-4-3-11(8-13(14)23)31-17-12(9-15(21)20(22,30-2)18(17)24)19(28)26-10-5-6-25-16(27)7-10/h3-9,18H,1-2H3,(H2,25,26,27,28). The minimum atomic E-state index is -2.23. The van der Waals surface area contributed by atoms with Crippen molar-refractivity contribution >= 4 is 34.8 Å². The minimum absolute atomic E-state index is 0.0550. The summed E-state index contributed by atoms with van der Waals surface area (Å²) in [5, 5.41) is -0.0291. The Morgan fingerprint density at radius 1 is 1.26 bits per heavy atom. The highest BCUT2D eigenvalue weighted by Gasteiger charge is 2.49. The summed E-state index contributed by atoms with van der Waals surface area (Å²) in [4.78, 5) is 26.7. The van der Waals surface area contributed by atoms with Crippen molar-refractivity contribution in [2.24, 2.45) is 0 Å². The van der Waals surface area contributed by atoms with Crippen LogP contribution >= 0.6 is 23.2 Å². The Morgan fingerprint density at radius 2 is 2.00 bits per heavy atom. The van der Waals surface area contributed by atoms with Crippen molar-refractivity contribution in [3.63, 3.8) is 0 Å². The van der Waals surface area contributed by atoms with Gasteiger partial charge in [0.2, 0.25) is 16.8 Å². The molecule has 7 nitrogen and oxygen atoms in total. The van der Waals surface area contributed by atoms with Crippen LogP contribution in [0.4, 0.5) is 14.5 Å². The molecule has 0 aliphatic heterocycles. The van der Waals surface area contributed by atoms with Gasteiger partial charge in [0.1, 0.15) is 5.75 Å². The van der Waals surface area contributed by atoms with Gasteiger partial charge in [-0.15, -0.1) is 0 Å². The monoisotopic (exact) mass is 472 g/mol. The normalized spacial score (nSPS) is 20.8. The number of hydrogen-bond acceptors (Lipinski definition) is 5. The van der Waals surface area contributed by atoms with Crippen LogP contribution in [0.5, 0.6) is 11.5 Å². The quantitative estimate of drug-likeness (QED) is 0.623. The third kappa shape index (κ3) is 4.58. The summed E-state index contributed by atoms with van der Waals surface area (Å²) in [6, 6.07) is 6.08. The lowest BCUT2D eigenvalue weighted by Gasteiger charge is -2.33.